The van der Waals surface area contributed by atoms with E-state index in [1.54, 1.807) is 11.9 Å². The molecule has 1 N–H and O–H groups in total. The van der Waals surface area contributed by atoms with Gasteiger partial charge in [0.2, 0.25) is 5.91 Å². The maximum atomic E-state index is 13.8. The van der Waals surface area contributed by atoms with E-state index in [0.29, 0.717) is 0 Å². The lowest BCUT2D eigenvalue weighted by molar-refractivity contribution is -0.122. The smallest absolute Gasteiger partial charge is 0.234 e. The molecule has 106 valence electrons. The molecule has 0 spiro atoms. The van der Waals surface area contributed by atoms with E-state index in [-0.39, 0.29) is 35.1 Å². The summed E-state index contributed by atoms with van der Waals surface area (Å²) in [6, 6.07) is 2.56. The first-order valence-electron chi connectivity index (χ1n) is 5.91. The first kappa shape index (κ1) is 16.0. The van der Waals surface area contributed by atoms with Gasteiger partial charge in [0.25, 0.3) is 0 Å². The maximum absolute atomic E-state index is 13.8. The van der Waals surface area contributed by atoms with Crippen molar-refractivity contribution in [2.75, 3.05) is 13.6 Å². The minimum absolute atomic E-state index is 0.0304. The van der Waals surface area contributed by atoms with Crippen LogP contribution in [0.4, 0.5) is 8.78 Å². The summed E-state index contributed by atoms with van der Waals surface area (Å²) in [5.41, 5.74) is -0.0470. The topological polar surface area (TPSA) is 32.3 Å². The zero-order valence-electron chi connectivity index (χ0n) is 11.1. The first-order chi connectivity index (χ1) is 8.81. The van der Waals surface area contributed by atoms with Gasteiger partial charge in [0.1, 0.15) is 11.6 Å². The molecule has 0 saturated heterocycles. The van der Waals surface area contributed by atoms with Gasteiger partial charge in [-0.1, -0.05) is 0 Å². The van der Waals surface area contributed by atoms with Gasteiger partial charge in [-0.3, -0.25) is 9.69 Å². The van der Waals surface area contributed by atoms with E-state index < -0.39 is 11.6 Å². The quantitative estimate of drug-likeness (QED) is 0.839. The molecule has 0 aliphatic carbocycles. The molecule has 0 atom stereocenters. The molecule has 0 bridgehead atoms. The van der Waals surface area contributed by atoms with Crippen LogP contribution in [-0.2, 0) is 11.3 Å². The van der Waals surface area contributed by atoms with E-state index >= 15 is 0 Å². The number of likely N-dealkylation sites (N-methyl/N-ethyl adjacent to an activating group) is 1. The number of rotatable bonds is 5. The van der Waals surface area contributed by atoms with Gasteiger partial charge in [0, 0.05) is 18.2 Å². The highest BCUT2D eigenvalue weighted by molar-refractivity contribution is 9.10. The Morgan fingerprint density at radius 3 is 2.63 bits per heavy atom. The van der Waals surface area contributed by atoms with Gasteiger partial charge in [-0.15, -0.1) is 0 Å². The Labute approximate surface area is 120 Å². The molecule has 0 unspecified atom stereocenters. The standard InChI is InChI=1S/C13H17BrF2N2O/c1-8(2)17-12(19)7-18(3)6-9-11(15)5-4-10(14)13(9)16/h4-5,8H,6-7H2,1-3H3,(H,17,19). The summed E-state index contributed by atoms with van der Waals surface area (Å²) in [7, 11) is 1.64. The number of carbonyl (C=O) groups is 1. The van der Waals surface area contributed by atoms with Gasteiger partial charge >= 0.3 is 0 Å². The van der Waals surface area contributed by atoms with Gasteiger partial charge in [-0.25, -0.2) is 8.78 Å². The Balaban J connectivity index is 2.70. The Morgan fingerprint density at radius 2 is 2.05 bits per heavy atom. The highest BCUT2D eigenvalue weighted by atomic mass is 79.9. The number of nitrogens with one attached hydrogen (secondary N) is 1. The summed E-state index contributed by atoms with van der Waals surface area (Å²) in [5.74, 6) is -1.42. The zero-order valence-corrected chi connectivity index (χ0v) is 12.7. The molecule has 0 aliphatic heterocycles. The van der Waals surface area contributed by atoms with Crippen molar-refractivity contribution in [2.24, 2.45) is 0 Å². The number of amides is 1. The zero-order chi connectivity index (χ0) is 14.6. The number of carbonyl (C=O) groups excluding carboxylic acids is 1. The van der Waals surface area contributed by atoms with Crippen LogP contribution in [0.5, 0.6) is 0 Å². The minimum Gasteiger partial charge on any atom is -0.353 e. The number of hydrogen-bond donors (Lipinski definition) is 1. The summed E-state index contributed by atoms with van der Waals surface area (Å²) >= 11 is 3.01. The Hall–Kier alpha value is -1.01. The second-order valence-electron chi connectivity index (χ2n) is 4.72. The molecule has 1 rings (SSSR count). The molecular formula is C13H17BrF2N2O. The second kappa shape index (κ2) is 6.96. The molecule has 0 heterocycles. The fraction of sp³-hybridized carbons (Fsp3) is 0.462. The Bertz CT molecular complexity index is 466. The van der Waals surface area contributed by atoms with E-state index in [4.69, 9.17) is 0 Å². The molecule has 1 amide bonds. The average Bonchev–Trinajstić information content (AvgIpc) is 2.28. The molecule has 0 fully saturated rings. The van der Waals surface area contributed by atoms with Crippen molar-refractivity contribution in [1.82, 2.24) is 10.2 Å². The van der Waals surface area contributed by atoms with Crippen LogP contribution in [0.1, 0.15) is 19.4 Å². The molecule has 0 aliphatic rings. The predicted molar refractivity (Wildman–Crippen MR) is 73.7 cm³/mol. The van der Waals surface area contributed by atoms with Gasteiger partial charge in [-0.2, -0.15) is 0 Å². The van der Waals surface area contributed by atoms with Crippen LogP contribution in [0, 0.1) is 11.6 Å². The van der Waals surface area contributed by atoms with Crippen molar-refractivity contribution in [3.05, 3.63) is 33.8 Å². The highest BCUT2D eigenvalue weighted by Gasteiger charge is 2.15. The Morgan fingerprint density at radius 1 is 1.42 bits per heavy atom. The normalized spacial score (nSPS) is 11.2. The van der Waals surface area contributed by atoms with Crippen molar-refractivity contribution in [3.8, 4) is 0 Å². The number of halogens is 3. The third-order valence-electron chi connectivity index (χ3n) is 2.43. The highest BCUT2D eigenvalue weighted by Crippen LogP contribution is 2.22. The number of nitrogens with zero attached hydrogens (tertiary/aromatic N) is 1. The van der Waals surface area contributed by atoms with E-state index in [1.807, 2.05) is 13.8 Å². The average molecular weight is 335 g/mol. The molecular weight excluding hydrogens is 318 g/mol. The lowest BCUT2D eigenvalue weighted by Gasteiger charge is -2.18. The lowest BCUT2D eigenvalue weighted by Crippen LogP contribution is -2.38. The van der Waals surface area contributed by atoms with Gasteiger partial charge in [-0.05, 0) is 49.0 Å². The number of hydrogen-bond acceptors (Lipinski definition) is 2. The van der Waals surface area contributed by atoms with Crippen LogP contribution < -0.4 is 5.32 Å². The third kappa shape index (κ3) is 4.87. The first-order valence-corrected chi connectivity index (χ1v) is 6.70. The second-order valence-corrected chi connectivity index (χ2v) is 5.57. The van der Waals surface area contributed by atoms with Crippen LogP contribution >= 0.6 is 15.9 Å². The summed E-state index contributed by atoms with van der Waals surface area (Å²) in [4.78, 5) is 13.1. The maximum Gasteiger partial charge on any atom is 0.234 e. The molecule has 0 radical (unpaired) electrons. The van der Waals surface area contributed by atoms with Crippen LogP contribution in [0.25, 0.3) is 0 Å². The molecule has 19 heavy (non-hydrogen) atoms. The van der Waals surface area contributed by atoms with Crippen molar-refractivity contribution in [2.45, 2.75) is 26.4 Å². The van der Waals surface area contributed by atoms with E-state index in [0.717, 1.165) is 0 Å². The number of benzene rings is 1. The molecule has 3 nitrogen and oxygen atoms in total. The fourth-order valence-electron chi connectivity index (χ4n) is 1.65. The van der Waals surface area contributed by atoms with E-state index in [2.05, 4.69) is 21.2 Å². The molecule has 0 aromatic heterocycles. The van der Waals surface area contributed by atoms with Crippen LogP contribution in [0.15, 0.2) is 16.6 Å². The van der Waals surface area contributed by atoms with Crippen molar-refractivity contribution < 1.29 is 13.6 Å². The molecule has 6 heteroatoms. The van der Waals surface area contributed by atoms with Gasteiger partial charge in [0.15, 0.2) is 0 Å². The molecule has 1 aromatic carbocycles. The summed E-state index contributed by atoms with van der Waals surface area (Å²) in [6.07, 6.45) is 0. The minimum atomic E-state index is -0.629. The lowest BCUT2D eigenvalue weighted by atomic mass is 10.2. The summed E-state index contributed by atoms with van der Waals surface area (Å²) < 4.78 is 27.5. The summed E-state index contributed by atoms with van der Waals surface area (Å²) in [6.45, 7) is 3.82. The largest absolute Gasteiger partial charge is 0.353 e. The van der Waals surface area contributed by atoms with E-state index in [1.165, 1.54) is 12.1 Å². The monoisotopic (exact) mass is 334 g/mol. The van der Waals surface area contributed by atoms with Gasteiger partial charge < -0.3 is 5.32 Å². The predicted octanol–water partition coefficient (Wildman–Crippen LogP) is 2.68. The SMILES string of the molecule is CC(C)NC(=O)CN(C)Cc1c(F)ccc(Br)c1F. The van der Waals surface area contributed by atoms with Crippen molar-refractivity contribution in [3.63, 3.8) is 0 Å². The van der Waals surface area contributed by atoms with Crippen LogP contribution in [-0.4, -0.2) is 30.4 Å². The van der Waals surface area contributed by atoms with Crippen LogP contribution in [0.2, 0.25) is 0 Å². The van der Waals surface area contributed by atoms with E-state index in [9.17, 15) is 13.6 Å². The van der Waals surface area contributed by atoms with Crippen LogP contribution in [0.3, 0.4) is 0 Å². The fourth-order valence-corrected chi connectivity index (χ4v) is 2.02. The van der Waals surface area contributed by atoms with Crippen molar-refractivity contribution in [1.29, 1.82) is 0 Å². The molecule has 1 aromatic rings. The van der Waals surface area contributed by atoms with Crippen molar-refractivity contribution >= 4 is 21.8 Å². The third-order valence-corrected chi connectivity index (χ3v) is 3.04. The molecule has 0 saturated carbocycles. The Kier molecular flexibility index (Phi) is 5.87. The van der Waals surface area contributed by atoms with Gasteiger partial charge in [0.05, 0.1) is 11.0 Å². The summed E-state index contributed by atoms with van der Waals surface area (Å²) in [5, 5.41) is 2.72.